The summed E-state index contributed by atoms with van der Waals surface area (Å²) < 4.78 is 21.5. The van der Waals surface area contributed by atoms with E-state index in [9.17, 15) is 0 Å². The van der Waals surface area contributed by atoms with E-state index >= 15 is 0 Å². The lowest BCUT2D eigenvalue weighted by Crippen LogP contribution is -2.61. The van der Waals surface area contributed by atoms with Gasteiger partial charge in [0.05, 0.1) is 0 Å². The van der Waals surface area contributed by atoms with Crippen LogP contribution in [0.15, 0.2) is 0 Å². The standard InChI is InChI=1S/C22H54O3Si4/c1-11-15-19-26(5,6)23-29(22-18-14-4,24-27(7,8)20-16-12-2)25-28(9,10)21-17-13-3/h11-22H2,1-10H3. The van der Waals surface area contributed by atoms with Gasteiger partial charge in [0.25, 0.3) is 0 Å². The molecule has 0 rings (SSSR count). The van der Waals surface area contributed by atoms with Crippen LogP contribution in [0.25, 0.3) is 0 Å². The van der Waals surface area contributed by atoms with E-state index in [4.69, 9.17) is 12.3 Å². The Morgan fingerprint density at radius 3 is 0.897 bits per heavy atom. The lowest BCUT2D eigenvalue weighted by molar-refractivity contribution is 0.244. The Labute approximate surface area is 188 Å². The summed E-state index contributed by atoms with van der Waals surface area (Å²) in [7, 11) is -8.13. The molecule has 29 heavy (non-hydrogen) atoms. The molecule has 0 aliphatic heterocycles. The van der Waals surface area contributed by atoms with Gasteiger partial charge in [-0.15, -0.1) is 0 Å². The molecule has 0 saturated carbocycles. The van der Waals surface area contributed by atoms with E-state index < -0.39 is 33.8 Å². The van der Waals surface area contributed by atoms with Crippen LogP contribution in [0.1, 0.15) is 79.1 Å². The van der Waals surface area contributed by atoms with Crippen molar-refractivity contribution >= 4 is 33.8 Å². The van der Waals surface area contributed by atoms with E-state index in [1.807, 2.05) is 0 Å². The van der Waals surface area contributed by atoms with Gasteiger partial charge in [-0.2, -0.15) is 0 Å². The van der Waals surface area contributed by atoms with Crippen molar-refractivity contribution in [2.24, 2.45) is 0 Å². The maximum absolute atomic E-state index is 7.16. The fraction of sp³-hybridized carbons (Fsp3) is 1.00. The fourth-order valence-electron chi connectivity index (χ4n) is 3.83. The zero-order chi connectivity index (χ0) is 22.6. The van der Waals surface area contributed by atoms with E-state index in [2.05, 4.69) is 67.0 Å². The molecule has 0 aliphatic carbocycles. The first-order chi connectivity index (χ1) is 13.4. The molecule has 0 N–H and O–H groups in total. The summed E-state index contributed by atoms with van der Waals surface area (Å²) in [6, 6.07) is 4.65. The van der Waals surface area contributed by atoms with Crippen LogP contribution in [-0.4, -0.2) is 33.8 Å². The van der Waals surface area contributed by atoms with Gasteiger partial charge in [0.15, 0.2) is 25.0 Å². The third kappa shape index (κ3) is 13.7. The Morgan fingerprint density at radius 2 is 0.655 bits per heavy atom. The van der Waals surface area contributed by atoms with Crippen LogP contribution < -0.4 is 0 Å². The molecule has 0 atom stereocenters. The highest BCUT2D eigenvalue weighted by atomic mass is 28.5. The van der Waals surface area contributed by atoms with Crippen molar-refractivity contribution in [2.45, 2.75) is 143 Å². The predicted octanol–water partition coefficient (Wildman–Crippen LogP) is 8.79. The molecule has 0 saturated heterocycles. The quantitative estimate of drug-likeness (QED) is 0.184. The van der Waals surface area contributed by atoms with Gasteiger partial charge in [0.2, 0.25) is 0 Å². The summed E-state index contributed by atoms with van der Waals surface area (Å²) in [6.07, 6.45) is 9.80. The van der Waals surface area contributed by atoms with E-state index in [0.717, 1.165) is 12.5 Å². The lowest BCUT2D eigenvalue weighted by atomic mass is 10.4. The monoisotopic (exact) mass is 478 g/mol. The minimum atomic E-state index is -2.69. The lowest BCUT2D eigenvalue weighted by Gasteiger charge is -2.45. The molecule has 0 heterocycles. The summed E-state index contributed by atoms with van der Waals surface area (Å²) in [4.78, 5) is 0. The van der Waals surface area contributed by atoms with Crippen LogP contribution in [0.4, 0.5) is 0 Å². The van der Waals surface area contributed by atoms with Gasteiger partial charge in [-0.1, -0.05) is 72.6 Å². The van der Waals surface area contributed by atoms with Gasteiger partial charge in [-0.3, -0.25) is 0 Å². The van der Waals surface area contributed by atoms with Gasteiger partial charge >= 0.3 is 8.80 Å². The molecule has 0 bridgehead atoms. The van der Waals surface area contributed by atoms with Gasteiger partial charge in [0.1, 0.15) is 0 Å². The first-order valence-electron chi connectivity index (χ1n) is 12.5. The van der Waals surface area contributed by atoms with Gasteiger partial charge in [-0.05, 0) is 63.8 Å². The Balaban J connectivity index is 5.86. The second-order valence-electron chi connectivity index (χ2n) is 10.7. The third-order valence-electron chi connectivity index (χ3n) is 5.53. The molecule has 0 spiro atoms. The molecular weight excluding hydrogens is 425 g/mol. The minimum absolute atomic E-state index is 1.01. The van der Waals surface area contributed by atoms with Crippen LogP contribution in [0, 0.1) is 0 Å². The Morgan fingerprint density at radius 1 is 0.414 bits per heavy atom. The fourth-order valence-corrected chi connectivity index (χ4v) is 22.4. The zero-order valence-electron chi connectivity index (χ0n) is 21.7. The van der Waals surface area contributed by atoms with E-state index in [1.54, 1.807) is 0 Å². The SMILES string of the molecule is CCCC[Si](C)(C)O[Si](CCCC)(O[Si](C)(C)CCCC)O[Si](C)(C)CCCC. The highest BCUT2D eigenvalue weighted by Crippen LogP contribution is 2.34. The maximum Gasteiger partial charge on any atom is 0.469 e. The van der Waals surface area contributed by atoms with Crippen LogP contribution in [0.2, 0.25) is 63.5 Å². The maximum atomic E-state index is 7.16. The highest BCUT2D eigenvalue weighted by molar-refractivity contribution is 6.90. The van der Waals surface area contributed by atoms with Crippen molar-refractivity contribution in [1.29, 1.82) is 0 Å². The molecule has 0 aromatic rings. The van der Waals surface area contributed by atoms with Gasteiger partial charge < -0.3 is 12.3 Å². The second-order valence-corrected chi connectivity index (χ2v) is 27.1. The Hall–Kier alpha value is 0.748. The Bertz CT molecular complexity index is 373. The average Bonchev–Trinajstić information content (AvgIpc) is 2.60. The zero-order valence-corrected chi connectivity index (χ0v) is 25.7. The van der Waals surface area contributed by atoms with Crippen LogP contribution >= 0.6 is 0 Å². The number of hydrogen-bond acceptors (Lipinski definition) is 3. The molecule has 0 amide bonds. The van der Waals surface area contributed by atoms with Crippen LogP contribution in [-0.2, 0) is 12.3 Å². The topological polar surface area (TPSA) is 27.7 Å². The number of hydrogen-bond donors (Lipinski definition) is 0. The first-order valence-corrected chi connectivity index (χ1v) is 23.7. The average molecular weight is 479 g/mol. The van der Waals surface area contributed by atoms with Crippen molar-refractivity contribution in [2.75, 3.05) is 0 Å². The largest absolute Gasteiger partial charge is 0.469 e. The second kappa shape index (κ2) is 14.0. The molecule has 0 aromatic carbocycles. The summed E-state index contributed by atoms with van der Waals surface area (Å²) in [5, 5.41) is 0. The smallest absolute Gasteiger partial charge is 0.417 e. The van der Waals surface area contributed by atoms with Crippen molar-refractivity contribution in [1.82, 2.24) is 0 Å². The molecule has 7 heteroatoms. The van der Waals surface area contributed by atoms with Gasteiger partial charge in [0, 0.05) is 6.04 Å². The predicted molar refractivity (Wildman–Crippen MR) is 140 cm³/mol. The van der Waals surface area contributed by atoms with E-state index in [1.165, 1.54) is 63.1 Å². The van der Waals surface area contributed by atoms with Crippen molar-refractivity contribution in [3.05, 3.63) is 0 Å². The van der Waals surface area contributed by atoms with Crippen molar-refractivity contribution in [3.63, 3.8) is 0 Å². The summed E-state index contributed by atoms with van der Waals surface area (Å²) in [6.45, 7) is 23.5. The van der Waals surface area contributed by atoms with Crippen LogP contribution in [0.5, 0.6) is 0 Å². The molecule has 176 valence electrons. The molecule has 0 radical (unpaired) electrons. The number of unbranched alkanes of at least 4 members (excludes halogenated alkanes) is 4. The summed E-state index contributed by atoms with van der Waals surface area (Å²) >= 11 is 0. The third-order valence-corrected chi connectivity index (χ3v) is 21.5. The molecule has 3 nitrogen and oxygen atoms in total. The first kappa shape index (κ1) is 29.7. The Kier molecular flexibility index (Phi) is 14.4. The molecule has 0 aliphatic rings. The van der Waals surface area contributed by atoms with E-state index in [-0.39, 0.29) is 0 Å². The summed E-state index contributed by atoms with van der Waals surface area (Å²) in [5.74, 6) is 0. The van der Waals surface area contributed by atoms with E-state index in [0.29, 0.717) is 0 Å². The minimum Gasteiger partial charge on any atom is -0.417 e. The molecule has 0 fully saturated rings. The number of rotatable bonds is 18. The van der Waals surface area contributed by atoms with Crippen molar-refractivity contribution < 1.29 is 12.3 Å². The normalized spacial score (nSPS) is 13.9. The molecule has 0 unspecified atom stereocenters. The van der Waals surface area contributed by atoms with Crippen LogP contribution in [0.3, 0.4) is 0 Å². The van der Waals surface area contributed by atoms with Crippen molar-refractivity contribution in [3.8, 4) is 0 Å². The highest BCUT2D eigenvalue weighted by Gasteiger charge is 2.51. The molecule has 0 aromatic heterocycles. The summed E-state index contributed by atoms with van der Waals surface area (Å²) in [5.41, 5.74) is 0. The van der Waals surface area contributed by atoms with Gasteiger partial charge in [-0.25, -0.2) is 0 Å². The molecular formula is C22H54O3Si4.